The molecule has 0 aliphatic rings. The molecule has 0 radical (unpaired) electrons. The molecule has 0 aliphatic carbocycles. The van der Waals surface area contributed by atoms with Crippen LogP contribution in [-0.2, 0) is 13.0 Å². The van der Waals surface area contributed by atoms with Crippen LogP contribution in [0.1, 0.15) is 31.2 Å². The summed E-state index contributed by atoms with van der Waals surface area (Å²) in [6, 6.07) is 9.23. The molecule has 114 valence electrons. The zero-order chi connectivity index (χ0) is 15.3. The number of hydrogen-bond acceptors (Lipinski definition) is 3. The molecule has 0 fully saturated rings. The Balaban J connectivity index is 1.86. The summed E-state index contributed by atoms with van der Waals surface area (Å²) in [5.41, 5.74) is 0.944. The van der Waals surface area contributed by atoms with E-state index in [4.69, 9.17) is 4.74 Å². The van der Waals surface area contributed by atoms with Gasteiger partial charge in [0.15, 0.2) is 11.6 Å². The smallest absolute Gasteiger partial charge is 0.165 e. The number of thiophene rings is 1. The van der Waals surface area contributed by atoms with Crippen LogP contribution in [0, 0.1) is 5.82 Å². The maximum Gasteiger partial charge on any atom is 0.165 e. The van der Waals surface area contributed by atoms with Gasteiger partial charge in [0, 0.05) is 23.4 Å². The van der Waals surface area contributed by atoms with Crippen LogP contribution in [-0.4, -0.2) is 12.1 Å². The highest BCUT2D eigenvalue weighted by Gasteiger charge is 2.10. The molecular weight excluding hydrogens is 285 g/mol. The predicted molar refractivity (Wildman–Crippen MR) is 86.5 cm³/mol. The average Bonchev–Trinajstić information content (AvgIpc) is 2.91. The van der Waals surface area contributed by atoms with E-state index in [1.165, 1.54) is 4.88 Å². The molecule has 0 saturated carbocycles. The van der Waals surface area contributed by atoms with Crippen molar-refractivity contribution in [3.8, 4) is 5.75 Å². The van der Waals surface area contributed by atoms with Crippen molar-refractivity contribution in [2.24, 2.45) is 0 Å². The number of rotatable bonds is 6. The van der Waals surface area contributed by atoms with Gasteiger partial charge >= 0.3 is 0 Å². The van der Waals surface area contributed by atoms with Crippen LogP contribution in [0.5, 0.6) is 5.75 Å². The molecule has 1 aromatic heterocycles. The topological polar surface area (TPSA) is 21.3 Å². The predicted octanol–water partition coefficient (Wildman–Crippen LogP) is 4.40. The van der Waals surface area contributed by atoms with E-state index in [9.17, 15) is 4.39 Å². The van der Waals surface area contributed by atoms with Gasteiger partial charge in [-0.2, -0.15) is 0 Å². The Hall–Kier alpha value is -1.39. The van der Waals surface area contributed by atoms with Crippen molar-refractivity contribution in [1.29, 1.82) is 0 Å². The molecule has 1 heterocycles. The van der Waals surface area contributed by atoms with Gasteiger partial charge in [-0.05, 0) is 49.9 Å². The number of ether oxygens (including phenoxy) is 1. The second kappa shape index (κ2) is 7.05. The Morgan fingerprint density at radius 1 is 1.24 bits per heavy atom. The highest BCUT2D eigenvalue weighted by atomic mass is 32.1. The summed E-state index contributed by atoms with van der Waals surface area (Å²) in [6.07, 6.45) is 0.810. The first kappa shape index (κ1) is 16.0. The Morgan fingerprint density at radius 2 is 2.05 bits per heavy atom. The quantitative estimate of drug-likeness (QED) is 0.854. The van der Waals surface area contributed by atoms with Crippen molar-refractivity contribution in [2.75, 3.05) is 6.61 Å². The SMILES string of the molecule is CC(C)(C)NCc1ccc(OCCc2cccs2)c(F)c1. The van der Waals surface area contributed by atoms with E-state index in [0.717, 1.165) is 12.0 Å². The van der Waals surface area contributed by atoms with Crippen LogP contribution in [0.2, 0.25) is 0 Å². The Kier molecular flexibility index (Phi) is 5.37. The van der Waals surface area contributed by atoms with Crippen molar-refractivity contribution in [3.05, 3.63) is 52.0 Å². The molecule has 0 unspecified atom stereocenters. The van der Waals surface area contributed by atoms with Gasteiger partial charge in [-0.3, -0.25) is 0 Å². The molecule has 2 aromatic rings. The maximum absolute atomic E-state index is 14.0. The summed E-state index contributed by atoms with van der Waals surface area (Å²) >= 11 is 1.69. The Morgan fingerprint density at radius 3 is 2.67 bits per heavy atom. The largest absolute Gasteiger partial charge is 0.490 e. The molecule has 0 amide bonds. The van der Waals surface area contributed by atoms with Gasteiger partial charge in [-0.25, -0.2) is 4.39 Å². The van der Waals surface area contributed by atoms with Gasteiger partial charge in [-0.1, -0.05) is 12.1 Å². The summed E-state index contributed by atoms with van der Waals surface area (Å²) < 4.78 is 19.5. The van der Waals surface area contributed by atoms with Gasteiger partial charge in [0.05, 0.1) is 6.61 Å². The van der Waals surface area contributed by atoms with Gasteiger partial charge < -0.3 is 10.1 Å². The standard InChI is InChI=1S/C17H22FNOS/c1-17(2,3)19-12-13-6-7-16(15(18)11-13)20-9-8-14-5-4-10-21-14/h4-7,10-11,19H,8-9,12H2,1-3H3. The minimum absolute atomic E-state index is 0.0202. The molecule has 1 aromatic carbocycles. The highest BCUT2D eigenvalue weighted by molar-refractivity contribution is 7.09. The minimum Gasteiger partial charge on any atom is -0.490 e. The van der Waals surface area contributed by atoms with Crippen molar-refractivity contribution in [2.45, 2.75) is 39.3 Å². The second-order valence-electron chi connectivity index (χ2n) is 6.05. The molecule has 0 spiro atoms. The van der Waals surface area contributed by atoms with E-state index in [0.29, 0.717) is 18.9 Å². The van der Waals surface area contributed by atoms with E-state index in [2.05, 4.69) is 32.2 Å². The number of benzene rings is 1. The Bertz CT molecular complexity index is 561. The molecule has 0 saturated heterocycles. The van der Waals surface area contributed by atoms with Crippen LogP contribution in [0.15, 0.2) is 35.7 Å². The fourth-order valence-electron chi connectivity index (χ4n) is 1.85. The summed E-state index contributed by atoms with van der Waals surface area (Å²) in [6.45, 7) is 7.41. The lowest BCUT2D eigenvalue weighted by Crippen LogP contribution is -2.35. The lowest BCUT2D eigenvalue weighted by atomic mass is 10.1. The minimum atomic E-state index is -0.297. The van der Waals surface area contributed by atoms with Crippen LogP contribution >= 0.6 is 11.3 Å². The normalized spacial score (nSPS) is 11.6. The fraction of sp³-hybridized carbons (Fsp3) is 0.412. The number of nitrogens with one attached hydrogen (secondary N) is 1. The van der Waals surface area contributed by atoms with Crippen LogP contribution in [0.3, 0.4) is 0 Å². The molecule has 1 N–H and O–H groups in total. The van der Waals surface area contributed by atoms with E-state index >= 15 is 0 Å². The first-order valence-corrected chi connectivity index (χ1v) is 8.01. The van der Waals surface area contributed by atoms with Crippen molar-refractivity contribution < 1.29 is 9.13 Å². The summed E-state index contributed by atoms with van der Waals surface area (Å²) in [4.78, 5) is 1.25. The molecule has 0 bridgehead atoms. The molecule has 2 rings (SSSR count). The molecule has 0 atom stereocenters. The first-order chi connectivity index (χ1) is 9.94. The molecule has 2 nitrogen and oxygen atoms in total. The summed E-state index contributed by atoms with van der Waals surface area (Å²) in [5, 5.41) is 5.38. The lowest BCUT2D eigenvalue weighted by molar-refractivity contribution is 0.306. The molecule has 0 aliphatic heterocycles. The summed E-state index contributed by atoms with van der Waals surface area (Å²) in [5.74, 6) is 0.0282. The number of halogens is 1. The third kappa shape index (κ3) is 5.48. The second-order valence-corrected chi connectivity index (χ2v) is 7.08. The third-order valence-electron chi connectivity index (χ3n) is 3.01. The zero-order valence-corrected chi connectivity index (χ0v) is 13.6. The maximum atomic E-state index is 14.0. The average molecular weight is 307 g/mol. The van der Waals surface area contributed by atoms with Gasteiger partial charge in [0.25, 0.3) is 0 Å². The van der Waals surface area contributed by atoms with E-state index in [1.54, 1.807) is 23.5 Å². The van der Waals surface area contributed by atoms with E-state index in [1.807, 2.05) is 17.5 Å². The molecular formula is C17H22FNOS. The fourth-order valence-corrected chi connectivity index (χ4v) is 2.55. The summed E-state index contributed by atoms with van der Waals surface area (Å²) in [7, 11) is 0. The van der Waals surface area contributed by atoms with Crippen molar-refractivity contribution in [1.82, 2.24) is 5.32 Å². The van der Waals surface area contributed by atoms with Gasteiger partial charge in [0.2, 0.25) is 0 Å². The van der Waals surface area contributed by atoms with E-state index in [-0.39, 0.29) is 11.4 Å². The van der Waals surface area contributed by atoms with Crippen molar-refractivity contribution in [3.63, 3.8) is 0 Å². The first-order valence-electron chi connectivity index (χ1n) is 7.13. The lowest BCUT2D eigenvalue weighted by Gasteiger charge is -2.20. The van der Waals surface area contributed by atoms with E-state index < -0.39 is 0 Å². The van der Waals surface area contributed by atoms with Gasteiger partial charge in [0.1, 0.15) is 0 Å². The number of hydrogen-bond donors (Lipinski definition) is 1. The third-order valence-corrected chi connectivity index (χ3v) is 3.94. The zero-order valence-electron chi connectivity index (χ0n) is 12.8. The van der Waals surface area contributed by atoms with Gasteiger partial charge in [-0.15, -0.1) is 11.3 Å². The molecule has 4 heteroatoms. The molecule has 21 heavy (non-hydrogen) atoms. The Labute approximate surface area is 130 Å². The highest BCUT2D eigenvalue weighted by Crippen LogP contribution is 2.19. The van der Waals surface area contributed by atoms with Crippen LogP contribution in [0.25, 0.3) is 0 Å². The van der Waals surface area contributed by atoms with Crippen molar-refractivity contribution >= 4 is 11.3 Å². The van der Waals surface area contributed by atoms with Crippen LogP contribution < -0.4 is 10.1 Å². The van der Waals surface area contributed by atoms with Crippen LogP contribution in [0.4, 0.5) is 4.39 Å². The monoisotopic (exact) mass is 307 g/mol.